The van der Waals surface area contributed by atoms with Crippen LogP contribution in [0.3, 0.4) is 0 Å². The Kier molecular flexibility index (Phi) is 2.27. The monoisotopic (exact) mass is 182 g/mol. The average molecular weight is 182 g/mol. The second-order valence-corrected chi connectivity index (χ2v) is 3.89. The molecule has 1 heterocycles. The number of hydrogen-bond donors (Lipinski definition) is 3. The Balaban J connectivity index is 3.18. The molecule has 5 heteroatoms. The van der Waals surface area contributed by atoms with E-state index >= 15 is 0 Å². The number of aromatic nitrogens is 2. The summed E-state index contributed by atoms with van der Waals surface area (Å²) in [5.41, 5.74) is 6.89. The highest BCUT2D eigenvalue weighted by atomic mass is 16.4. The first-order chi connectivity index (χ1) is 5.96. The molecule has 0 amide bonds. The number of hydrogen-bond acceptors (Lipinski definition) is 3. The normalized spacial score (nSPS) is 13.3. The number of H-pyrrole nitrogens is 1. The van der Waals surface area contributed by atoms with Gasteiger partial charge in [-0.2, -0.15) is 5.10 Å². The van der Waals surface area contributed by atoms with Gasteiger partial charge in [-0.1, -0.05) is 25.9 Å². The molecular weight excluding hydrogens is 168 g/mol. The van der Waals surface area contributed by atoms with Crippen LogP contribution in [0.5, 0.6) is 0 Å². The van der Waals surface area contributed by atoms with E-state index in [0.717, 1.165) is 5.69 Å². The Labute approximate surface area is 76.6 Å². The summed E-state index contributed by atoms with van der Waals surface area (Å²) in [5.74, 6) is 0.0821. The summed E-state index contributed by atoms with van der Waals surface area (Å²) in [4.78, 5) is 0. The Hall–Kier alpha value is -1.52. The zero-order valence-electron chi connectivity index (χ0n) is 8.00. The van der Waals surface area contributed by atoms with Gasteiger partial charge in [-0.3, -0.25) is 5.10 Å². The van der Waals surface area contributed by atoms with Crippen molar-refractivity contribution < 1.29 is 5.21 Å². The van der Waals surface area contributed by atoms with Crippen molar-refractivity contribution >= 4 is 5.84 Å². The largest absolute Gasteiger partial charge is 0.409 e. The summed E-state index contributed by atoms with van der Waals surface area (Å²) < 4.78 is 0. The molecule has 0 aliphatic carbocycles. The summed E-state index contributed by atoms with van der Waals surface area (Å²) in [6.45, 7) is 6.07. The van der Waals surface area contributed by atoms with Crippen molar-refractivity contribution in [3.8, 4) is 0 Å². The van der Waals surface area contributed by atoms with Gasteiger partial charge in [-0.15, -0.1) is 0 Å². The number of amidine groups is 1. The number of nitrogens with one attached hydrogen (secondary N) is 1. The molecule has 0 saturated heterocycles. The van der Waals surface area contributed by atoms with Crippen molar-refractivity contribution in [2.24, 2.45) is 10.9 Å². The lowest BCUT2D eigenvalue weighted by molar-refractivity contribution is 0.318. The van der Waals surface area contributed by atoms with Gasteiger partial charge in [0.25, 0.3) is 0 Å². The van der Waals surface area contributed by atoms with Gasteiger partial charge in [0.1, 0.15) is 0 Å². The summed E-state index contributed by atoms with van der Waals surface area (Å²) in [7, 11) is 0. The van der Waals surface area contributed by atoms with Crippen LogP contribution >= 0.6 is 0 Å². The molecule has 0 radical (unpaired) electrons. The highest BCUT2D eigenvalue weighted by molar-refractivity contribution is 5.98. The second kappa shape index (κ2) is 3.08. The van der Waals surface area contributed by atoms with Gasteiger partial charge in [-0.05, 0) is 0 Å². The molecule has 4 N–H and O–H groups in total. The summed E-state index contributed by atoms with van der Waals surface area (Å²) >= 11 is 0. The maximum Gasteiger partial charge on any atom is 0.173 e. The van der Waals surface area contributed by atoms with Gasteiger partial charge >= 0.3 is 0 Å². The molecule has 0 atom stereocenters. The quantitative estimate of drug-likeness (QED) is 0.260. The van der Waals surface area contributed by atoms with E-state index in [0.29, 0.717) is 5.56 Å². The van der Waals surface area contributed by atoms with E-state index in [1.807, 2.05) is 20.8 Å². The SMILES string of the molecule is CC(C)(C)c1[nH]ncc1/C(N)=N\O. The Morgan fingerprint density at radius 2 is 2.23 bits per heavy atom. The van der Waals surface area contributed by atoms with Crippen LogP contribution in [0.25, 0.3) is 0 Å². The topological polar surface area (TPSA) is 87.3 Å². The molecule has 1 rings (SSSR count). The first-order valence-electron chi connectivity index (χ1n) is 3.98. The van der Waals surface area contributed by atoms with E-state index in [1.54, 1.807) is 6.20 Å². The van der Waals surface area contributed by atoms with Crippen molar-refractivity contribution in [1.82, 2.24) is 10.2 Å². The van der Waals surface area contributed by atoms with Gasteiger partial charge in [-0.25, -0.2) is 0 Å². The molecule has 0 saturated carbocycles. The van der Waals surface area contributed by atoms with Crippen LogP contribution in [0, 0.1) is 0 Å². The molecule has 1 aromatic rings. The fourth-order valence-electron chi connectivity index (χ4n) is 1.11. The van der Waals surface area contributed by atoms with Crippen LogP contribution in [0.1, 0.15) is 32.0 Å². The fourth-order valence-corrected chi connectivity index (χ4v) is 1.11. The first-order valence-corrected chi connectivity index (χ1v) is 3.98. The van der Waals surface area contributed by atoms with Crippen LogP contribution in [-0.2, 0) is 5.41 Å². The molecule has 0 unspecified atom stereocenters. The summed E-state index contributed by atoms with van der Waals surface area (Å²) in [6.07, 6.45) is 1.55. The van der Waals surface area contributed by atoms with E-state index in [2.05, 4.69) is 15.4 Å². The lowest BCUT2D eigenvalue weighted by atomic mass is 9.89. The van der Waals surface area contributed by atoms with E-state index in [1.165, 1.54) is 0 Å². The average Bonchev–Trinajstić information content (AvgIpc) is 2.49. The first kappa shape index (κ1) is 9.57. The second-order valence-electron chi connectivity index (χ2n) is 3.89. The van der Waals surface area contributed by atoms with Gasteiger partial charge < -0.3 is 10.9 Å². The Morgan fingerprint density at radius 1 is 1.62 bits per heavy atom. The zero-order valence-corrected chi connectivity index (χ0v) is 8.00. The molecule has 0 bridgehead atoms. The number of nitrogens with zero attached hydrogens (tertiary/aromatic N) is 2. The van der Waals surface area contributed by atoms with Crippen molar-refractivity contribution in [1.29, 1.82) is 0 Å². The molecule has 72 valence electrons. The molecule has 1 aromatic heterocycles. The van der Waals surface area contributed by atoms with Crippen LogP contribution < -0.4 is 5.73 Å². The number of aromatic amines is 1. The minimum atomic E-state index is -0.0961. The van der Waals surface area contributed by atoms with E-state index < -0.39 is 0 Å². The van der Waals surface area contributed by atoms with Crippen LogP contribution in [0.4, 0.5) is 0 Å². The lowest BCUT2D eigenvalue weighted by Gasteiger charge is -2.17. The van der Waals surface area contributed by atoms with Crippen molar-refractivity contribution in [3.05, 3.63) is 17.5 Å². The molecule has 0 aliphatic rings. The van der Waals surface area contributed by atoms with Crippen LogP contribution in [0.2, 0.25) is 0 Å². The Morgan fingerprint density at radius 3 is 2.69 bits per heavy atom. The minimum absolute atomic E-state index is 0.0821. The maximum atomic E-state index is 8.52. The number of rotatable bonds is 1. The van der Waals surface area contributed by atoms with Gasteiger partial charge in [0.2, 0.25) is 0 Å². The molecule has 13 heavy (non-hydrogen) atoms. The molecular formula is C8H14N4O. The fraction of sp³-hybridized carbons (Fsp3) is 0.500. The lowest BCUT2D eigenvalue weighted by Crippen LogP contribution is -2.21. The van der Waals surface area contributed by atoms with E-state index in [9.17, 15) is 0 Å². The third-order valence-corrected chi connectivity index (χ3v) is 1.77. The molecule has 0 spiro atoms. The third-order valence-electron chi connectivity index (χ3n) is 1.77. The van der Waals surface area contributed by atoms with Gasteiger partial charge in [0, 0.05) is 5.41 Å². The van der Waals surface area contributed by atoms with Crippen molar-refractivity contribution in [2.75, 3.05) is 0 Å². The highest BCUT2D eigenvalue weighted by Crippen LogP contribution is 2.22. The minimum Gasteiger partial charge on any atom is -0.409 e. The molecule has 0 fully saturated rings. The summed E-state index contributed by atoms with van der Waals surface area (Å²) in [6, 6.07) is 0. The van der Waals surface area contributed by atoms with E-state index in [-0.39, 0.29) is 11.3 Å². The van der Waals surface area contributed by atoms with Crippen LogP contribution in [-0.4, -0.2) is 21.2 Å². The van der Waals surface area contributed by atoms with Gasteiger partial charge in [0.15, 0.2) is 5.84 Å². The number of oxime groups is 1. The van der Waals surface area contributed by atoms with Crippen molar-refractivity contribution in [3.63, 3.8) is 0 Å². The molecule has 0 aromatic carbocycles. The Bertz CT molecular complexity index is 321. The standard InChI is InChI=1S/C8H14N4O/c1-8(2,3)6-5(4-10-11-6)7(9)12-13/h4,13H,1-3H3,(H2,9,12)(H,10,11). The zero-order chi connectivity index (χ0) is 10.1. The maximum absolute atomic E-state index is 8.52. The summed E-state index contributed by atoms with van der Waals surface area (Å²) in [5, 5.41) is 18.2. The highest BCUT2D eigenvalue weighted by Gasteiger charge is 2.21. The smallest absolute Gasteiger partial charge is 0.173 e. The predicted molar refractivity (Wildman–Crippen MR) is 49.8 cm³/mol. The predicted octanol–water partition coefficient (Wildman–Crippen LogP) is 0.802. The van der Waals surface area contributed by atoms with Gasteiger partial charge in [0.05, 0.1) is 17.5 Å². The van der Waals surface area contributed by atoms with Crippen molar-refractivity contribution in [2.45, 2.75) is 26.2 Å². The molecule has 5 nitrogen and oxygen atoms in total. The van der Waals surface area contributed by atoms with Crippen LogP contribution in [0.15, 0.2) is 11.4 Å². The third kappa shape index (κ3) is 1.80. The van der Waals surface area contributed by atoms with E-state index in [4.69, 9.17) is 10.9 Å². The number of nitrogens with two attached hydrogens (primary N) is 1. The molecule has 0 aliphatic heterocycles.